The maximum Gasteiger partial charge on any atom is 0.217 e. The lowest BCUT2D eigenvalue weighted by Gasteiger charge is -1.98. The number of benzene rings is 2. The molecule has 0 atom stereocenters. The molecule has 0 N–H and O–H groups in total. The molecule has 0 aliphatic carbocycles. The first-order valence-electron chi connectivity index (χ1n) is 6.66. The highest BCUT2D eigenvalue weighted by Gasteiger charge is 2.20. The topological polar surface area (TPSA) is 51.7 Å². The van der Waals surface area contributed by atoms with Gasteiger partial charge in [0.2, 0.25) is 11.6 Å². The maximum absolute atomic E-state index is 11.4. The standard InChI is InChI=1S/C16H12N4O/c1-19-12-9-5-6-10-13(12)20-15(18-21)14(17-16(19)20)11-7-3-2-4-8-11/h2-10H,1H3. The highest BCUT2D eigenvalue weighted by atomic mass is 16.3. The number of rotatable bonds is 2. The highest BCUT2D eigenvalue weighted by molar-refractivity contribution is 5.86. The molecule has 0 unspecified atom stereocenters. The Bertz CT molecular complexity index is 966. The van der Waals surface area contributed by atoms with Gasteiger partial charge in [-0.3, -0.25) is 4.40 Å². The highest BCUT2D eigenvalue weighted by Crippen LogP contribution is 2.34. The minimum Gasteiger partial charge on any atom is -0.313 e. The second-order valence-corrected chi connectivity index (χ2v) is 4.92. The second kappa shape index (κ2) is 4.28. The summed E-state index contributed by atoms with van der Waals surface area (Å²) in [7, 11) is 1.94. The molecule has 21 heavy (non-hydrogen) atoms. The van der Waals surface area contributed by atoms with Gasteiger partial charge in [-0.15, -0.1) is 4.91 Å². The van der Waals surface area contributed by atoms with E-state index in [1.165, 1.54) is 0 Å². The van der Waals surface area contributed by atoms with Crippen molar-refractivity contribution in [2.45, 2.75) is 0 Å². The molecule has 0 saturated carbocycles. The van der Waals surface area contributed by atoms with Gasteiger partial charge in [0.05, 0.1) is 11.0 Å². The molecule has 5 nitrogen and oxygen atoms in total. The molecule has 4 rings (SSSR count). The predicted molar refractivity (Wildman–Crippen MR) is 82.6 cm³/mol. The molecule has 5 heteroatoms. The fraction of sp³-hybridized carbons (Fsp3) is 0.0625. The molecule has 0 bridgehead atoms. The first kappa shape index (κ1) is 11.8. The molecular weight excluding hydrogens is 264 g/mol. The van der Waals surface area contributed by atoms with E-state index in [1.807, 2.05) is 70.6 Å². The third-order valence-corrected chi connectivity index (χ3v) is 3.75. The molecule has 0 fully saturated rings. The van der Waals surface area contributed by atoms with E-state index in [2.05, 4.69) is 10.2 Å². The number of aryl methyl sites for hydroxylation is 1. The molecule has 0 saturated heterocycles. The number of nitrogens with zero attached hydrogens (tertiary/aromatic N) is 4. The van der Waals surface area contributed by atoms with Gasteiger partial charge < -0.3 is 4.57 Å². The summed E-state index contributed by atoms with van der Waals surface area (Å²) >= 11 is 0. The summed E-state index contributed by atoms with van der Waals surface area (Å²) in [4.78, 5) is 16.0. The van der Waals surface area contributed by atoms with E-state index < -0.39 is 0 Å². The zero-order valence-electron chi connectivity index (χ0n) is 11.4. The van der Waals surface area contributed by atoms with E-state index in [-0.39, 0.29) is 0 Å². The van der Waals surface area contributed by atoms with E-state index >= 15 is 0 Å². The van der Waals surface area contributed by atoms with Crippen molar-refractivity contribution in [2.75, 3.05) is 0 Å². The Morgan fingerprint density at radius 2 is 1.62 bits per heavy atom. The number of hydrogen-bond acceptors (Lipinski definition) is 3. The minimum atomic E-state index is 0.341. The fourth-order valence-corrected chi connectivity index (χ4v) is 2.77. The monoisotopic (exact) mass is 276 g/mol. The molecule has 0 radical (unpaired) electrons. The van der Waals surface area contributed by atoms with Crippen LogP contribution in [-0.2, 0) is 7.05 Å². The van der Waals surface area contributed by atoms with Gasteiger partial charge in [-0.25, -0.2) is 4.98 Å². The number of para-hydroxylation sites is 2. The van der Waals surface area contributed by atoms with E-state index in [0.29, 0.717) is 17.3 Å². The Morgan fingerprint density at radius 3 is 2.33 bits per heavy atom. The molecule has 2 aromatic heterocycles. The van der Waals surface area contributed by atoms with Crippen LogP contribution < -0.4 is 0 Å². The summed E-state index contributed by atoms with van der Waals surface area (Å²) in [6.07, 6.45) is 0. The van der Waals surface area contributed by atoms with E-state index in [9.17, 15) is 4.91 Å². The third-order valence-electron chi connectivity index (χ3n) is 3.75. The zero-order chi connectivity index (χ0) is 14.4. The lowest BCUT2D eigenvalue weighted by atomic mass is 10.1. The van der Waals surface area contributed by atoms with E-state index in [1.54, 1.807) is 0 Å². The van der Waals surface area contributed by atoms with Gasteiger partial charge in [-0.2, -0.15) is 0 Å². The largest absolute Gasteiger partial charge is 0.313 e. The van der Waals surface area contributed by atoms with Crippen LogP contribution in [0, 0.1) is 4.91 Å². The van der Waals surface area contributed by atoms with Crippen molar-refractivity contribution in [2.24, 2.45) is 12.2 Å². The molecule has 2 heterocycles. The minimum absolute atomic E-state index is 0.341. The van der Waals surface area contributed by atoms with Crippen molar-refractivity contribution in [3.8, 4) is 11.3 Å². The zero-order valence-corrected chi connectivity index (χ0v) is 11.4. The summed E-state index contributed by atoms with van der Waals surface area (Å²) < 4.78 is 3.78. The fourth-order valence-electron chi connectivity index (χ4n) is 2.77. The molecule has 4 aromatic rings. The Morgan fingerprint density at radius 1 is 0.952 bits per heavy atom. The van der Waals surface area contributed by atoms with Crippen LogP contribution in [0.25, 0.3) is 28.1 Å². The van der Waals surface area contributed by atoms with Crippen molar-refractivity contribution in [3.63, 3.8) is 0 Å². The van der Waals surface area contributed by atoms with Crippen molar-refractivity contribution >= 4 is 22.6 Å². The number of nitroso groups, excluding NO2 is 1. The summed E-state index contributed by atoms with van der Waals surface area (Å²) in [6, 6.07) is 17.5. The average molecular weight is 276 g/mol. The van der Waals surface area contributed by atoms with Crippen LogP contribution in [0.3, 0.4) is 0 Å². The van der Waals surface area contributed by atoms with Crippen molar-refractivity contribution in [3.05, 3.63) is 59.5 Å². The SMILES string of the molecule is Cn1c2ccccc2n2c(N=O)c(-c3ccccc3)nc12. The Kier molecular flexibility index (Phi) is 2.41. The average Bonchev–Trinajstić information content (AvgIpc) is 3.05. The summed E-state index contributed by atoms with van der Waals surface area (Å²) in [6.45, 7) is 0. The third kappa shape index (κ3) is 1.54. The van der Waals surface area contributed by atoms with Gasteiger partial charge in [-0.05, 0) is 17.3 Å². The Balaban J connectivity index is 2.16. The van der Waals surface area contributed by atoms with Crippen LogP contribution in [0.4, 0.5) is 5.82 Å². The lowest BCUT2D eigenvalue weighted by Crippen LogP contribution is -1.88. The van der Waals surface area contributed by atoms with Crippen molar-refractivity contribution in [1.29, 1.82) is 0 Å². The van der Waals surface area contributed by atoms with Gasteiger partial charge >= 0.3 is 0 Å². The number of imidazole rings is 2. The predicted octanol–water partition coefficient (Wildman–Crippen LogP) is 3.89. The van der Waals surface area contributed by atoms with E-state index in [0.717, 1.165) is 16.6 Å². The van der Waals surface area contributed by atoms with Crippen LogP contribution in [0.15, 0.2) is 59.8 Å². The number of aromatic nitrogens is 3. The molecule has 0 aliphatic rings. The smallest absolute Gasteiger partial charge is 0.217 e. The summed E-state index contributed by atoms with van der Waals surface area (Å²) in [5.74, 6) is 1.05. The molecule has 102 valence electrons. The Labute approximate surface area is 120 Å². The van der Waals surface area contributed by atoms with Gasteiger partial charge in [0, 0.05) is 12.6 Å². The molecule has 0 aliphatic heterocycles. The Hall–Kier alpha value is -2.95. The second-order valence-electron chi connectivity index (χ2n) is 4.92. The van der Waals surface area contributed by atoms with Crippen LogP contribution >= 0.6 is 0 Å². The summed E-state index contributed by atoms with van der Waals surface area (Å²) in [5.41, 5.74) is 3.45. The van der Waals surface area contributed by atoms with Gasteiger partial charge in [0.1, 0.15) is 5.69 Å². The molecular formula is C16H12N4O. The van der Waals surface area contributed by atoms with Crippen molar-refractivity contribution in [1.82, 2.24) is 14.0 Å². The first-order chi connectivity index (χ1) is 10.3. The van der Waals surface area contributed by atoms with Gasteiger partial charge in [0.15, 0.2) is 0 Å². The number of hydrogen-bond donors (Lipinski definition) is 0. The van der Waals surface area contributed by atoms with Crippen LogP contribution in [0.1, 0.15) is 0 Å². The normalized spacial score (nSPS) is 11.3. The lowest BCUT2D eigenvalue weighted by molar-refractivity contribution is 0.970. The van der Waals surface area contributed by atoms with E-state index in [4.69, 9.17) is 0 Å². The molecule has 2 aromatic carbocycles. The first-order valence-corrected chi connectivity index (χ1v) is 6.66. The van der Waals surface area contributed by atoms with Crippen molar-refractivity contribution < 1.29 is 0 Å². The van der Waals surface area contributed by atoms with Crippen LogP contribution in [-0.4, -0.2) is 14.0 Å². The van der Waals surface area contributed by atoms with Crippen LogP contribution in [0.5, 0.6) is 0 Å². The maximum atomic E-state index is 11.4. The summed E-state index contributed by atoms with van der Waals surface area (Å²) in [5, 5.41) is 3.24. The molecule has 0 spiro atoms. The van der Waals surface area contributed by atoms with Gasteiger partial charge in [0.25, 0.3) is 0 Å². The van der Waals surface area contributed by atoms with Crippen LogP contribution in [0.2, 0.25) is 0 Å². The number of fused-ring (bicyclic) bond motifs is 3. The van der Waals surface area contributed by atoms with Gasteiger partial charge in [-0.1, -0.05) is 42.5 Å². The molecule has 0 amide bonds. The quantitative estimate of drug-likeness (QED) is 0.521.